The molecule has 3 N–H and O–H groups in total. The fraction of sp³-hybridized carbons (Fsp3) is 0.0769. The number of aryl methyl sites for hydroxylation is 1. The van der Waals surface area contributed by atoms with Gasteiger partial charge in [0.25, 0.3) is 5.91 Å². The maximum absolute atomic E-state index is 13.1. The quantitative estimate of drug-likeness (QED) is 0.818. The number of nitrogens with one attached hydrogen (secondary N) is 1. The van der Waals surface area contributed by atoms with Crippen LogP contribution in [0.4, 0.5) is 20.2 Å². The molecule has 2 aromatic rings. The molecule has 0 saturated carbocycles. The van der Waals surface area contributed by atoms with Gasteiger partial charge in [0.15, 0.2) is 11.6 Å². The van der Waals surface area contributed by atoms with Crippen molar-refractivity contribution < 1.29 is 13.6 Å². The van der Waals surface area contributed by atoms with Crippen molar-refractivity contribution in [2.24, 2.45) is 0 Å². The van der Waals surface area contributed by atoms with Crippen molar-refractivity contribution in [2.75, 3.05) is 11.1 Å². The number of nitrogens with two attached hydrogens (primary N) is 1. The van der Waals surface area contributed by atoms with Gasteiger partial charge in [-0.05, 0) is 25.1 Å². The zero-order valence-corrected chi connectivity index (χ0v) is 10.1. The van der Waals surface area contributed by atoms with E-state index in [1.165, 1.54) is 6.20 Å². The van der Waals surface area contributed by atoms with E-state index >= 15 is 0 Å². The van der Waals surface area contributed by atoms with Crippen LogP contribution in [0.15, 0.2) is 30.5 Å². The zero-order chi connectivity index (χ0) is 14.0. The van der Waals surface area contributed by atoms with E-state index < -0.39 is 17.5 Å². The summed E-state index contributed by atoms with van der Waals surface area (Å²) in [5.41, 5.74) is 6.47. The second-order valence-electron chi connectivity index (χ2n) is 4.00. The number of carbonyl (C=O) groups is 1. The monoisotopic (exact) mass is 263 g/mol. The minimum atomic E-state index is -1.12. The smallest absolute Gasteiger partial charge is 0.257 e. The lowest BCUT2D eigenvalue weighted by atomic mass is 10.1. The maximum atomic E-state index is 13.1. The van der Waals surface area contributed by atoms with Gasteiger partial charge in [-0.25, -0.2) is 8.78 Å². The molecule has 1 heterocycles. The first-order valence-corrected chi connectivity index (χ1v) is 5.46. The number of nitrogens with zero attached hydrogens (tertiary/aromatic N) is 1. The van der Waals surface area contributed by atoms with Crippen LogP contribution in [0.2, 0.25) is 0 Å². The molecule has 0 aliphatic rings. The highest BCUT2D eigenvalue weighted by Gasteiger charge is 2.14. The molecule has 0 saturated heterocycles. The topological polar surface area (TPSA) is 68.0 Å². The molecule has 0 bridgehead atoms. The predicted octanol–water partition coefficient (Wildman–Crippen LogP) is 2.50. The normalized spacial score (nSPS) is 10.3. The molecule has 0 unspecified atom stereocenters. The highest BCUT2D eigenvalue weighted by molar-refractivity contribution is 6.07. The summed E-state index contributed by atoms with van der Waals surface area (Å²) >= 11 is 0. The van der Waals surface area contributed by atoms with E-state index in [4.69, 9.17) is 5.73 Å². The van der Waals surface area contributed by atoms with Gasteiger partial charge in [-0.3, -0.25) is 9.78 Å². The summed E-state index contributed by atoms with van der Waals surface area (Å²) in [5.74, 6) is -2.84. The minimum Gasteiger partial charge on any atom is -0.398 e. The van der Waals surface area contributed by atoms with Crippen LogP contribution in [-0.4, -0.2) is 10.9 Å². The number of aromatic nitrogens is 1. The molecule has 1 aromatic heterocycles. The fourth-order valence-corrected chi connectivity index (χ4v) is 1.50. The van der Waals surface area contributed by atoms with Crippen molar-refractivity contribution in [1.82, 2.24) is 4.98 Å². The van der Waals surface area contributed by atoms with Crippen molar-refractivity contribution in [2.45, 2.75) is 6.92 Å². The second-order valence-corrected chi connectivity index (χ2v) is 4.00. The van der Waals surface area contributed by atoms with E-state index in [2.05, 4.69) is 10.3 Å². The first-order chi connectivity index (χ1) is 8.97. The molecule has 6 heteroatoms. The molecule has 0 atom stereocenters. The Morgan fingerprint density at radius 2 is 1.95 bits per heavy atom. The van der Waals surface area contributed by atoms with Crippen molar-refractivity contribution in [1.29, 1.82) is 0 Å². The molecule has 0 fully saturated rings. The number of pyridine rings is 1. The molecule has 1 aromatic carbocycles. The Kier molecular flexibility index (Phi) is 3.41. The van der Waals surface area contributed by atoms with E-state index in [0.29, 0.717) is 5.69 Å². The Bertz CT molecular complexity index is 627. The van der Waals surface area contributed by atoms with Gasteiger partial charge in [0.2, 0.25) is 0 Å². The molecular formula is C13H11F2N3O. The van der Waals surface area contributed by atoms with E-state index in [9.17, 15) is 13.6 Å². The van der Waals surface area contributed by atoms with Crippen LogP contribution in [0.3, 0.4) is 0 Å². The van der Waals surface area contributed by atoms with Gasteiger partial charge in [0.05, 0.1) is 17.4 Å². The van der Waals surface area contributed by atoms with Crippen molar-refractivity contribution in [3.63, 3.8) is 0 Å². The van der Waals surface area contributed by atoms with E-state index in [-0.39, 0.29) is 11.3 Å². The van der Waals surface area contributed by atoms with E-state index in [0.717, 1.165) is 17.8 Å². The number of hydrogen-bond acceptors (Lipinski definition) is 3. The predicted molar refractivity (Wildman–Crippen MR) is 67.7 cm³/mol. The maximum Gasteiger partial charge on any atom is 0.257 e. The molecule has 0 radical (unpaired) electrons. The van der Waals surface area contributed by atoms with E-state index in [1.54, 1.807) is 19.1 Å². The number of halogens is 2. The lowest BCUT2D eigenvalue weighted by molar-refractivity contribution is 0.102. The summed E-state index contributed by atoms with van der Waals surface area (Å²) in [5, 5.41) is 2.50. The van der Waals surface area contributed by atoms with Gasteiger partial charge in [-0.2, -0.15) is 0 Å². The first-order valence-electron chi connectivity index (χ1n) is 5.46. The Labute approximate surface area is 108 Å². The molecular weight excluding hydrogens is 252 g/mol. The number of benzene rings is 1. The number of nitrogen functional groups attached to an aromatic ring is 1. The summed E-state index contributed by atoms with van der Waals surface area (Å²) < 4.78 is 26.0. The van der Waals surface area contributed by atoms with Crippen molar-refractivity contribution in [3.05, 3.63) is 53.4 Å². The van der Waals surface area contributed by atoms with Crippen LogP contribution in [0, 0.1) is 18.6 Å². The molecule has 0 aliphatic heterocycles. The average Bonchev–Trinajstić information content (AvgIpc) is 2.36. The summed E-state index contributed by atoms with van der Waals surface area (Å²) in [6.07, 6.45) is 1.46. The summed E-state index contributed by atoms with van der Waals surface area (Å²) in [4.78, 5) is 15.9. The lowest BCUT2D eigenvalue weighted by Gasteiger charge is -2.08. The number of rotatable bonds is 2. The molecule has 98 valence electrons. The average molecular weight is 263 g/mol. The Balaban J connectivity index is 2.25. The molecule has 4 nitrogen and oxygen atoms in total. The summed E-state index contributed by atoms with van der Waals surface area (Å²) in [7, 11) is 0. The van der Waals surface area contributed by atoms with Crippen LogP contribution in [0.5, 0.6) is 0 Å². The molecule has 19 heavy (non-hydrogen) atoms. The lowest BCUT2D eigenvalue weighted by Crippen LogP contribution is -2.15. The molecule has 1 amide bonds. The van der Waals surface area contributed by atoms with Crippen molar-refractivity contribution in [3.8, 4) is 0 Å². The van der Waals surface area contributed by atoms with Crippen LogP contribution >= 0.6 is 0 Å². The summed E-state index contributed by atoms with van der Waals surface area (Å²) in [6, 6.07) is 4.90. The van der Waals surface area contributed by atoms with Crippen LogP contribution < -0.4 is 11.1 Å². The fourth-order valence-electron chi connectivity index (χ4n) is 1.50. The number of amides is 1. The minimum absolute atomic E-state index is 0.125. The van der Waals surface area contributed by atoms with Gasteiger partial charge in [-0.15, -0.1) is 0 Å². The van der Waals surface area contributed by atoms with Gasteiger partial charge in [-0.1, -0.05) is 0 Å². The van der Waals surface area contributed by atoms with Crippen LogP contribution in [-0.2, 0) is 0 Å². The number of hydrogen-bond donors (Lipinski definition) is 2. The van der Waals surface area contributed by atoms with Crippen LogP contribution in [0.25, 0.3) is 0 Å². The number of anilines is 2. The van der Waals surface area contributed by atoms with Crippen molar-refractivity contribution >= 4 is 17.3 Å². The highest BCUT2D eigenvalue weighted by atomic mass is 19.2. The Morgan fingerprint density at radius 3 is 2.58 bits per heavy atom. The largest absolute Gasteiger partial charge is 0.398 e. The molecule has 0 spiro atoms. The first kappa shape index (κ1) is 12.9. The molecule has 2 rings (SSSR count). The van der Waals surface area contributed by atoms with Gasteiger partial charge < -0.3 is 11.1 Å². The second kappa shape index (κ2) is 5.01. The van der Waals surface area contributed by atoms with Gasteiger partial charge in [0, 0.05) is 17.4 Å². The Morgan fingerprint density at radius 1 is 1.26 bits per heavy atom. The van der Waals surface area contributed by atoms with Crippen LogP contribution in [0.1, 0.15) is 16.1 Å². The van der Waals surface area contributed by atoms with Gasteiger partial charge in [0.1, 0.15) is 0 Å². The Hall–Kier alpha value is -2.50. The third-order valence-corrected chi connectivity index (χ3v) is 2.51. The molecule has 0 aliphatic carbocycles. The third-order valence-electron chi connectivity index (χ3n) is 2.51. The SMILES string of the molecule is Cc1ccc(NC(=O)c2cc(F)c(F)cc2N)cn1. The standard InChI is InChI=1S/C13H11F2N3O/c1-7-2-3-8(6-17-7)18-13(19)9-4-10(14)11(15)5-12(9)16/h2-6H,16H2,1H3,(H,18,19). The zero-order valence-electron chi connectivity index (χ0n) is 10.1. The van der Waals surface area contributed by atoms with Gasteiger partial charge >= 0.3 is 0 Å². The number of carbonyl (C=O) groups excluding carboxylic acids is 1. The third kappa shape index (κ3) is 2.85. The summed E-state index contributed by atoms with van der Waals surface area (Å²) in [6.45, 7) is 1.80. The highest BCUT2D eigenvalue weighted by Crippen LogP contribution is 2.18. The van der Waals surface area contributed by atoms with E-state index in [1.807, 2.05) is 0 Å².